The molecule has 6 rings (SSSR count). The summed E-state index contributed by atoms with van der Waals surface area (Å²) < 4.78 is 10.1. The minimum atomic E-state index is -0.874. The molecule has 3 aromatic rings. The summed E-state index contributed by atoms with van der Waals surface area (Å²) in [6.45, 7) is 4.61. The second kappa shape index (κ2) is 7.53. The summed E-state index contributed by atoms with van der Waals surface area (Å²) in [6, 6.07) is 27.8. The Balaban J connectivity index is 1.59. The van der Waals surface area contributed by atoms with E-state index >= 15 is 0 Å². The number of benzene rings is 3. The fourth-order valence-electron chi connectivity index (χ4n) is 6.54. The predicted molar refractivity (Wildman–Crippen MR) is 128 cm³/mol. The number of nitrogens with zero attached hydrogens (tertiary/aromatic N) is 2. The summed E-state index contributed by atoms with van der Waals surface area (Å²) >= 11 is 0. The molecule has 0 bridgehead atoms. The van der Waals surface area contributed by atoms with Crippen molar-refractivity contribution in [1.29, 1.82) is 0 Å². The van der Waals surface area contributed by atoms with Crippen molar-refractivity contribution < 1.29 is 1.37 Å². The third kappa shape index (κ3) is 2.88. The van der Waals surface area contributed by atoms with Crippen molar-refractivity contribution in [2.75, 3.05) is 4.90 Å². The number of para-hydroxylation sites is 1. The van der Waals surface area contributed by atoms with Crippen LogP contribution in [0.1, 0.15) is 68.3 Å². The highest BCUT2D eigenvalue weighted by molar-refractivity contribution is 5.59. The van der Waals surface area contributed by atoms with Crippen molar-refractivity contribution in [3.8, 4) is 0 Å². The molecule has 4 atom stereocenters. The molecule has 1 aliphatic carbocycles. The minimum Gasteiger partial charge on any atom is -0.351 e. The van der Waals surface area contributed by atoms with Gasteiger partial charge in [-0.1, -0.05) is 85.6 Å². The van der Waals surface area contributed by atoms with Crippen molar-refractivity contribution in [2.24, 2.45) is 5.92 Å². The number of hydrogen-bond donors (Lipinski definition) is 0. The zero-order chi connectivity index (χ0) is 21.9. The molecule has 31 heavy (non-hydrogen) atoms. The number of rotatable bonds is 3. The molecule has 2 aliphatic heterocycles. The lowest BCUT2D eigenvalue weighted by atomic mass is 9.93. The average Bonchev–Trinajstić information content (AvgIpc) is 3.52. The van der Waals surface area contributed by atoms with E-state index in [4.69, 9.17) is 0 Å². The molecule has 1 saturated heterocycles. The van der Waals surface area contributed by atoms with Crippen LogP contribution in [-0.2, 0) is 0 Å². The highest BCUT2D eigenvalue weighted by atomic mass is 15.5. The van der Waals surface area contributed by atoms with Gasteiger partial charge in [0, 0.05) is 11.7 Å². The molecule has 158 valence electrons. The van der Waals surface area contributed by atoms with Gasteiger partial charge in [-0.3, -0.25) is 4.90 Å². The minimum absolute atomic E-state index is 0.217. The maximum atomic E-state index is 10.1. The Morgan fingerprint density at radius 1 is 0.806 bits per heavy atom. The van der Waals surface area contributed by atoms with E-state index in [9.17, 15) is 1.37 Å². The number of fused-ring (bicyclic) bond motifs is 3. The van der Waals surface area contributed by atoms with Gasteiger partial charge in [0.05, 0.1) is 19.6 Å². The quantitative estimate of drug-likeness (QED) is 0.466. The van der Waals surface area contributed by atoms with Gasteiger partial charge in [-0.15, -0.1) is 0 Å². The van der Waals surface area contributed by atoms with Crippen molar-refractivity contribution in [1.82, 2.24) is 4.90 Å². The lowest BCUT2D eigenvalue weighted by molar-refractivity contribution is 0.131. The zero-order valence-electron chi connectivity index (χ0n) is 19.5. The van der Waals surface area contributed by atoms with Crippen LogP contribution in [0.5, 0.6) is 0 Å². The molecule has 2 heterocycles. The summed E-state index contributed by atoms with van der Waals surface area (Å²) in [5.41, 5.74) is 6.23. The Labute approximate surface area is 187 Å². The van der Waals surface area contributed by atoms with E-state index in [1.54, 1.807) is 0 Å². The highest BCUT2D eigenvalue weighted by Crippen LogP contribution is 2.57. The van der Waals surface area contributed by atoms with E-state index in [-0.39, 0.29) is 12.2 Å². The van der Waals surface area contributed by atoms with Crippen LogP contribution in [0, 0.1) is 12.8 Å². The molecule has 2 heteroatoms. The normalized spacial score (nSPS) is 31.0. The van der Waals surface area contributed by atoms with Crippen molar-refractivity contribution in [2.45, 2.75) is 63.8 Å². The lowest BCUT2D eigenvalue weighted by Gasteiger charge is -2.40. The van der Waals surface area contributed by atoms with Gasteiger partial charge in [-0.2, -0.15) is 0 Å². The van der Waals surface area contributed by atoms with E-state index < -0.39 is 6.02 Å². The standard InChI is InChI=1S/C29H32N2/c1-20-12-6-11-19-26(20)30-21(2)27-24-17-9-10-18-25(24)28(22-13-4-3-5-14-22)31(27)29(30)23-15-7-8-16-23/h3-6,9-14,17-19,21,23,27-29H,7-8,15-16H2,1-2H3/t21-,27?,28?,29?/m0/s1/i28D. The number of aryl methyl sites for hydroxylation is 1. The van der Waals surface area contributed by atoms with Crippen LogP contribution in [0.3, 0.4) is 0 Å². The Morgan fingerprint density at radius 2 is 1.45 bits per heavy atom. The summed E-state index contributed by atoms with van der Waals surface area (Å²) in [4.78, 5) is 5.26. The van der Waals surface area contributed by atoms with E-state index in [1.165, 1.54) is 42.5 Å². The fourth-order valence-corrected chi connectivity index (χ4v) is 6.54. The molecule has 0 radical (unpaired) electrons. The Kier molecular flexibility index (Phi) is 4.38. The third-order valence-corrected chi connectivity index (χ3v) is 7.82. The smallest absolute Gasteiger partial charge is 0.0866 e. The van der Waals surface area contributed by atoms with E-state index in [2.05, 4.69) is 103 Å². The first-order valence-corrected chi connectivity index (χ1v) is 11.9. The largest absolute Gasteiger partial charge is 0.351 e. The molecule has 0 aromatic heterocycles. The first-order valence-electron chi connectivity index (χ1n) is 12.4. The maximum Gasteiger partial charge on any atom is 0.0866 e. The van der Waals surface area contributed by atoms with Gasteiger partial charge in [0.1, 0.15) is 0 Å². The highest BCUT2D eigenvalue weighted by Gasteiger charge is 2.56. The van der Waals surface area contributed by atoms with Gasteiger partial charge in [0.2, 0.25) is 0 Å². The molecular formula is C29H32N2. The molecule has 3 unspecified atom stereocenters. The average molecular weight is 410 g/mol. The predicted octanol–water partition coefficient (Wildman–Crippen LogP) is 6.87. The van der Waals surface area contributed by atoms with Gasteiger partial charge in [-0.25, -0.2) is 0 Å². The summed E-state index contributed by atoms with van der Waals surface area (Å²) in [7, 11) is 0. The maximum absolute atomic E-state index is 10.1. The van der Waals surface area contributed by atoms with Crippen LogP contribution in [0.15, 0.2) is 78.9 Å². The van der Waals surface area contributed by atoms with Gasteiger partial charge < -0.3 is 4.90 Å². The van der Waals surface area contributed by atoms with E-state index in [0.717, 1.165) is 11.1 Å². The van der Waals surface area contributed by atoms with Gasteiger partial charge >= 0.3 is 0 Å². The van der Waals surface area contributed by atoms with Crippen molar-refractivity contribution in [3.05, 3.63) is 101 Å². The first kappa shape index (κ1) is 18.0. The SMILES string of the molecule is [2H]C1(c2ccccc2)c2ccccc2C2[C@H](C)N(c3ccccc3C)C(C3CCCC3)N21. The van der Waals surface area contributed by atoms with E-state index in [1.807, 2.05) is 0 Å². The molecule has 1 saturated carbocycles. The Hall–Kier alpha value is -2.58. The first-order chi connectivity index (χ1) is 15.6. The van der Waals surface area contributed by atoms with Crippen molar-refractivity contribution in [3.63, 3.8) is 0 Å². The third-order valence-electron chi connectivity index (χ3n) is 7.82. The molecule has 0 N–H and O–H groups in total. The summed E-state index contributed by atoms with van der Waals surface area (Å²) in [5, 5.41) is 0. The second-order valence-corrected chi connectivity index (χ2v) is 9.55. The monoisotopic (exact) mass is 409 g/mol. The van der Waals surface area contributed by atoms with Crippen molar-refractivity contribution >= 4 is 5.69 Å². The molecule has 2 fully saturated rings. The van der Waals surface area contributed by atoms with Crippen LogP contribution in [0.25, 0.3) is 0 Å². The number of anilines is 1. The van der Waals surface area contributed by atoms with Gasteiger partial charge in [0.15, 0.2) is 0 Å². The van der Waals surface area contributed by atoms with E-state index in [0.29, 0.717) is 12.0 Å². The van der Waals surface area contributed by atoms with Gasteiger partial charge in [-0.05, 0) is 60.9 Å². The summed E-state index contributed by atoms with van der Waals surface area (Å²) in [5.74, 6) is 0.588. The van der Waals surface area contributed by atoms with Crippen LogP contribution >= 0.6 is 0 Å². The topological polar surface area (TPSA) is 6.48 Å². The Morgan fingerprint density at radius 3 is 2.19 bits per heavy atom. The summed E-state index contributed by atoms with van der Waals surface area (Å²) in [6.07, 6.45) is 5.34. The molecular weight excluding hydrogens is 376 g/mol. The molecule has 3 aromatic carbocycles. The van der Waals surface area contributed by atoms with Crippen LogP contribution in [-0.4, -0.2) is 17.1 Å². The molecule has 0 spiro atoms. The number of hydrogen-bond acceptors (Lipinski definition) is 2. The second-order valence-electron chi connectivity index (χ2n) is 9.55. The van der Waals surface area contributed by atoms with Crippen LogP contribution in [0.4, 0.5) is 5.69 Å². The lowest BCUT2D eigenvalue weighted by Crippen LogP contribution is -2.46. The van der Waals surface area contributed by atoms with Crippen LogP contribution < -0.4 is 4.90 Å². The zero-order valence-corrected chi connectivity index (χ0v) is 18.5. The molecule has 0 amide bonds. The molecule has 3 aliphatic rings. The van der Waals surface area contributed by atoms with Gasteiger partial charge in [0.25, 0.3) is 0 Å². The molecule has 2 nitrogen and oxygen atoms in total. The fraction of sp³-hybridized carbons (Fsp3) is 0.379. The Bertz CT molecular complexity index is 1120. The van der Waals surface area contributed by atoms with Crippen LogP contribution in [0.2, 0.25) is 0 Å².